The average molecular weight is 538 g/mol. The predicted octanol–water partition coefficient (Wildman–Crippen LogP) is 7.66. The lowest BCUT2D eigenvalue weighted by Crippen LogP contribution is -2.14. The molecule has 1 aliphatic rings. The van der Waals surface area contributed by atoms with Gasteiger partial charge in [-0.25, -0.2) is 9.18 Å². The number of nitrogens with zero attached hydrogens (tertiary/aromatic N) is 1. The fourth-order valence-electron chi connectivity index (χ4n) is 4.61. The van der Waals surface area contributed by atoms with Gasteiger partial charge in [-0.2, -0.15) is 13.2 Å². The van der Waals surface area contributed by atoms with Crippen molar-refractivity contribution in [1.82, 2.24) is 0 Å². The molecular weight excluding hydrogens is 510 g/mol. The third-order valence-corrected chi connectivity index (χ3v) is 6.63. The van der Waals surface area contributed by atoms with E-state index in [1.54, 1.807) is 12.1 Å². The first kappa shape index (κ1) is 27.9. The second kappa shape index (κ2) is 12.6. The number of carbonyl (C=O) groups excluding carboxylic acids is 1. The number of alkyl halides is 3. The van der Waals surface area contributed by atoms with E-state index in [9.17, 15) is 22.4 Å². The first-order valence-electron chi connectivity index (χ1n) is 12.6. The van der Waals surface area contributed by atoms with Gasteiger partial charge in [0.15, 0.2) is 0 Å². The zero-order chi connectivity index (χ0) is 27.8. The second-order valence-electron chi connectivity index (χ2n) is 9.27. The van der Waals surface area contributed by atoms with Crippen molar-refractivity contribution in [3.63, 3.8) is 0 Å². The minimum Gasteiger partial charge on any atom is -0.464 e. The molecule has 0 saturated heterocycles. The van der Waals surface area contributed by atoms with Gasteiger partial charge in [0, 0.05) is 5.56 Å². The molecule has 0 aliphatic heterocycles. The Bertz CT molecular complexity index is 1400. The van der Waals surface area contributed by atoms with Crippen molar-refractivity contribution in [3.05, 3.63) is 94.8 Å². The molecule has 4 nitrogen and oxygen atoms in total. The fraction of sp³-hybridized carbons (Fsp3) is 0.290. The maximum atomic E-state index is 13.9. The molecule has 1 fully saturated rings. The van der Waals surface area contributed by atoms with Gasteiger partial charge < -0.3 is 9.57 Å². The molecule has 0 heterocycles. The summed E-state index contributed by atoms with van der Waals surface area (Å²) in [6.45, 7) is 0.141. The van der Waals surface area contributed by atoms with Crippen LogP contribution >= 0.6 is 0 Å². The number of rotatable bonds is 6. The molecule has 0 radical (unpaired) electrons. The molecule has 8 heteroatoms. The highest BCUT2D eigenvalue weighted by Crippen LogP contribution is 2.38. The molecule has 0 atom stereocenters. The molecule has 0 spiro atoms. The Labute approximate surface area is 224 Å². The highest BCUT2D eigenvalue weighted by molar-refractivity contribution is 6.43. The van der Waals surface area contributed by atoms with Gasteiger partial charge in [-0.15, -0.1) is 0 Å². The van der Waals surface area contributed by atoms with Crippen LogP contribution in [0.15, 0.2) is 71.9 Å². The van der Waals surface area contributed by atoms with Crippen LogP contribution in [0.2, 0.25) is 0 Å². The van der Waals surface area contributed by atoms with Crippen LogP contribution in [0.4, 0.5) is 17.6 Å². The summed E-state index contributed by atoms with van der Waals surface area (Å²) in [7, 11) is 1.22. The van der Waals surface area contributed by atoms with Crippen LogP contribution in [0.5, 0.6) is 0 Å². The number of methoxy groups -OCH3 is 1. The summed E-state index contributed by atoms with van der Waals surface area (Å²) in [4.78, 5) is 17.6. The van der Waals surface area contributed by atoms with Gasteiger partial charge in [0.2, 0.25) is 5.71 Å². The molecule has 0 aromatic heterocycles. The van der Waals surface area contributed by atoms with Crippen LogP contribution in [0.3, 0.4) is 0 Å². The van der Waals surface area contributed by atoms with Gasteiger partial charge in [-0.05, 0) is 71.2 Å². The van der Waals surface area contributed by atoms with Crippen LogP contribution in [0, 0.1) is 17.7 Å². The largest absolute Gasteiger partial charge is 0.464 e. The molecule has 1 aliphatic carbocycles. The predicted molar refractivity (Wildman–Crippen MR) is 140 cm³/mol. The molecule has 0 bridgehead atoms. The van der Waals surface area contributed by atoms with Crippen molar-refractivity contribution in [2.45, 2.75) is 50.8 Å². The van der Waals surface area contributed by atoms with Crippen molar-refractivity contribution in [2.75, 3.05) is 7.11 Å². The molecular formula is C31H27F4NO3. The normalized spacial score (nSPS) is 14.3. The molecule has 3 aromatic rings. The summed E-state index contributed by atoms with van der Waals surface area (Å²) >= 11 is 0. The molecule has 1 saturated carbocycles. The summed E-state index contributed by atoms with van der Waals surface area (Å²) in [6.07, 6.45) is 0.185. The van der Waals surface area contributed by atoms with E-state index in [1.165, 1.54) is 13.2 Å². The van der Waals surface area contributed by atoms with E-state index in [0.717, 1.165) is 55.4 Å². The quantitative estimate of drug-likeness (QED) is 0.107. The number of ether oxygens (including phenoxy) is 1. The van der Waals surface area contributed by atoms with Crippen molar-refractivity contribution in [1.29, 1.82) is 0 Å². The lowest BCUT2D eigenvalue weighted by molar-refractivity contribution is -0.140. The zero-order valence-electron chi connectivity index (χ0n) is 21.4. The Morgan fingerprint density at radius 3 is 2.36 bits per heavy atom. The molecule has 202 valence electrons. The summed E-state index contributed by atoms with van der Waals surface area (Å²) in [5.74, 6) is 3.83. The Hall–Kier alpha value is -4.12. The average Bonchev–Trinajstić information content (AvgIpc) is 2.95. The van der Waals surface area contributed by atoms with E-state index in [2.05, 4.69) is 17.0 Å². The van der Waals surface area contributed by atoms with Crippen LogP contribution in [0.25, 0.3) is 11.1 Å². The minimum atomic E-state index is -4.80. The Kier molecular flexibility index (Phi) is 9.03. The van der Waals surface area contributed by atoms with Crippen LogP contribution < -0.4 is 0 Å². The highest BCUT2D eigenvalue weighted by atomic mass is 19.4. The SMILES string of the molecule is COC(=O)/C(C#Cc1ccc(-c2ccc(F)c(C(F)(F)F)c2)cc1C1CCCCC1)=N/OCc1ccccc1. The number of esters is 1. The number of oxime groups is 1. The van der Waals surface area contributed by atoms with Gasteiger partial charge in [0.1, 0.15) is 12.4 Å². The molecule has 39 heavy (non-hydrogen) atoms. The number of halogens is 4. The van der Waals surface area contributed by atoms with Crippen molar-refractivity contribution < 1.29 is 31.9 Å². The highest BCUT2D eigenvalue weighted by Gasteiger charge is 2.34. The summed E-state index contributed by atoms with van der Waals surface area (Å²) in [5, 5.41) is 3.88. The molecule has 0 N–H and O–H groups in total. The third kappa shape index (κ3) is 7.26. The van der Waals surface area contributed by atoms with E-state index in [0.29, 0.717) is 11.1 Å². The van der Waals surface area contributed by atoms with E-state index in [4.69, 9.17) is 9.57 Å². The Morgan fingerprint density at radius 1 is 0.974 bits per heavy atom. The van der Waals surface area contributed by atoms with Gasteiger partial charge >= 0.3 is 12.1 Å². The number of hydrogen-bond acceptors (Lipinski definition) is 4. The Morgan fingerprint density at radius 2 is 1.67 bits per heavy atom. The number of benzene rings is 3. The van der Waals surface area contributed by atoms with E-state index in [1.807, 2.05) is 36.4 Å². The summed E-state index contributed by atoms with van der Waals surface area (Å²) in [5.41, 5.74) is 1.63. The lowest BCUT2D eigenvalue weighted by Gasteiger charge is -2.24. The minimum absolute atomic E-state index is 0.141. The first-order valence-corrected chi connectivity index (χ1v) is 12.6. The molecule has 0 amide bonds. The second-order valence-corrected chi connectivity index (χ2v) is 9.27. The molecule has 0 unspecified atom stereocenters. The van der Waals surface area contributed by atoms with Crippen LogP contribution in [-0.4, -0.2) is 18.8 Å². The third-order valence-electron chi connectivity index (χ3n) is 6.63. The van der Waals surface area contributed by atoms with E-state index < -0.39 is 23.5 Å². The topological polar surface area (TPSA) is 47.9 Å². The van der Waals surface area contributed by atoms with Crippen molar-refractivity contribution >= 4 is 11.7 Å². The van der Waals surface area contributed by atoms with Crippen LogP contribution in [0.1, 0.15) is 60.3 Å². The first-order chi connectivity index (χ1) is 18.8. The maximum absolute atomic E-state index is 13.9. The van der Waals surface area contributed by atoms with Crippen LogP contribution in [-0.2, 0) is 27.2 Å². The lowest BCUT2D eigenvalue weighted by atomic mass is 9.81. The van der Waals surface area contributed by atoms with Gasteiger partial charge in [-0.1, -0.05) is 72.8 Å². The molecule has 4 rings (SSSR count). The number of hydrogen-bond donors (Lipinski definition) is 0. The smallest absolute Gasteiger partial charge is 0.419 e. The van der Waals surface area contributed by atoms with E-state index >= 15 is 0 Å². The molecule has 3 aromatic carbocycles. The maximum Gasteiger partial charge on any atom is 0.419 e. The fourth-order valence-corrected chi connectivity index (χ4v) is 4.61. The van der Waals surface area contributed by atoms with Gasteiger partial charge in [0.05, 0.1) is 12.7 Å². The monoisotopic (exact) mass is 537 g/mol. The number of carbonyl (C=O) groups is 1. The zero-order valence-corrected chi connectivity index (χ0v) is 21.4. The Balaban J connectivity index is 1.69. The summed E-state index contributed by atoms with van der Waals surface area (Å²) < 4.78 is 58.6. The van der Waals surface area contributed by atoms with E-state index in [-0.39, 0.29) is 23.8 Å². The van der Waals surface area contributed by atoms with Gasteiger partial charge in [-0.3, -0.25) is 0 Å². The summed E-state index contributed by atoms with van der Waals surface area (Å²) in [6, 6.07) is 17.5. The van der Waals surface area contributed by atoms with Crippen molar-refractivity contribution in [3.8, 4) is 23.0 Å². The van der Waals surface area contributed by atoms with Crippen molar-refractivity contribution in [2.24, 2.45) is 5.16 Å². The standard InChI is InChI=1S/C31H27F4NO3/c1-38-30(37)29(36-39-20-21-8-4-2-5-9-21)17-15-23-12-13-24(18-26(23)22-10-6-3-7-11-22)25-14-16-28(32)27(19-25)31(33,34)35/h2,4-5,8-9,12-14,16,18-19,22H,3,6-7,10-11,20H2,1H3/b36-29+. The van der Waals surface area contributed by atoms with Gasteiger partial charge in [0.25, 0.3) is 0 Å².